The zero-order chi connectivity index (χ0) is 12.8. The van der Waals surface area contributed by atoms with Gasteiger partial charge in [-0.3, -0.25) is 4.90 Å². The number of amides is 1. The monoisotopic (exact) mass is 273 g/mol. The molecule has 2 heterocycles. The third-order valence-electron chi connectivity index (χ3n) is 2.87. The topological polar surface area (TPSA) is 29.5 Å². The molecule has 1 amide bonds. The van der Waals surface area contributed by atoms with E-state index < -0.39 is 0 Å². The summed E-state index contributed by atoms with van der Waals surface area (Å²) in [5.74, 6) is 0. The standard InChI is InChI=1S/C12H16ClNO2S/c1-7-10(8-5-6-9(13)17-8)16-11(15)14(7)12(2,3)4/h5-7,10H,1-4H3/t7-,10-/m0/s1. The smallest absolute Gasteiger partial charge is 0.411 e. The third-order valence-corrected chi connectivity index (χ3v) is 4.16. The maximum atomic E-state index is 11.9. The van der Waals surface area contributed by atoms with E-state index in [1.807, 2.05) is 39.8 Å². The number of carbonyl (C=O) groups is 1. The van der Waals surface area contributed by atoms with Crippen LogP contribution in [0.5, 0.6) is 0 Å². The predicted octanol–water partition coefficient (Wildman–Crippen LogP) is 4.08. The van der Waals surface area contributed by atoms with E-state index in [0.717, 1.165) is 9.21 Å². The Kier molecular flexibility index (Phi) is 3.12. The SMILES string of the molecule is C[C@H]1[C@@H](c2ccc(Cl)s2)OC(=O)N1C(C)(C)C. The van der Waals surface area contributed by atoms with Crippen LogP contribution in [0.25, 0.3) is 0 Å². The number of hydrogen-bond donors (Lipinski definition) is 0. The van der Waals surface area contributed by atoms with Crippen LogP contribution in [0.3, 0.4) is 0 Å². The van der Waals surface area contributed by atoms with Crippen molar-refractivity contribution in [2.75, 3.05) is 0 Å². The first-order valence-electron chi connectivity index (χ1n) is 5.56. The molecule has 0 N–H and O–H groups in total. The maximum Gasteiger partial charge on any atom is 0.411 e. The zero-order valence-corrected chi connectivity index (χ0v) is 11.9. The van der Waals surface area contributed by atoms with Crippen molar-refractivity contribution in [2.24, 2.45) is 0 Å². The van der Waals surface area contributed by atoms with E-state index in [1.165, 1.54) is 11.3 Å². The van der Waals surface area contributed by atoms with Crippen LogP contribution in [-0.2, 0) is 4.74 Å². The van der Waals surface area contributed by atoms with Crippen LogP contribution >= 0.6 is 22.9 Å². The predicted molar refractivity (Wildman–Crippen MR) is 69.6 cm³/mol. The molecule has 3 nitrogen and oxygen atoms in total. The summed E-state index contributed by atoms with van der Waals surface area (Å²) in [6.07, 6.45) is -0.459. The van der Waals surface area contributed by atoms with Crippen LogP contribution in [-0.4, -0.2) is 22.6 Å². The Morgan fingerprint density at radius 2 is 2.06 bits per heavy atom. The van der Waals surface area contributed by atoms with Gasteiger partial charge in [-0.05, 0) is 39.8 Å². The van der Waals surface area contributed by atoms with Crippen molar-refractivity contribution in [3.05, 3.63) is 21.3 Å². The van der Waals surface area contributed by atoms with Crippen molar-refractivity contribution < 1.29 is 9.53 Å². The molecule has 1 aliphatic rings. The lowest BCUT2D eigenvalue weighted by Crippen LogP contribution is -2.46. The second-order valence-electron chi connectivity index (χ2n) is 5.23. The summed E-state index contributed by atoms with van der Waals surface area (Å²) in [7, 11) is 0. The van der Waals surface area contributed by atoms with Crippen LogP contribution in [0.15, 0.2) is 12.1 Å². The molecule has 0 bridgehead atoms. The first-order chi connectivity index (χ1) is 7.80. The number of cyclic esters (lactones) is 1. The van der Waals surface area contributed by atoms with Crippen molar-refractivity contribution in [1.29, 1.82) is 0 Å². The van der Waals surface area contributed by atoms with E-state index in [-0.39, 0.29) is 23.8 Å². The van der Waals surface area contributed by atoms with Crippen molar-refractivity contribution in [3.8, 4) is 0 Å². The van der Waals surface area contributed by atoms with Crippen LogP contribution in [0.2, 0.25) is 4.34 Å². The van der Waals surface area contributed by atoms with Gasteiger partial charge in [0.2, 0.25) is 0 Å². The molecule has 5 heteroatoms. The Morgan fingerprint density at radius 1 is 1.41 bits per heavy atom. The Balaban J connectivity index is 2.27. The second kappa shape index (κ2) is 4.18. The van der Waals surface area contributed by atoms with Gasteiger partial charge in [0.15, 0.2) is 6.10 Å². The van der Waals surface area contributed by atoms with E-state index in [9.17, 15) is 4.79 Å². The number of ether oxygens (including phenoxy) is 1. The molecule has 0 saturated carbocycles. The molecule has 0 aromatic carbocycles. The average Bonchev–Trinajstić information content (AvgIpc) is 2.69. The first kappa shape index (κ1) is 12.7. The summed E-state index contributed by atoms with van der Waals surface area (Å²) in [5, 5.41) is 0. The lowest BCUT2D eigenvalue weighted by Gasteiger charge is -2.33. The summed E-state index contributed by atoms with van der Waals surface area (Å²) in [4.78, 5) is 14.7. The third kappa shape index (κ3) is 2.29. The normalized spacial score (nSPS) is 25.2. The fourth-order valence-electron chi connectivity index (χ4n) is 2.23. The molecule has 0 aliphatic carbocycles. The molecule has 94 valence electrons. The van der Waals surface area contributed by atoms with Crippen molar-refractivity contribution in [2.45, 2.75) is 45.4 Å². The molecule has 2 atom stereocenters. The molecule has 1 fully saturated rings. The van der Waals surface area contributed by atoms with E-state index in [2.05, 4.69) is 0 Å². The molecule has 1 aromatic heterocycles. The Morgan fingerprint density at radius 3 is 2.47 bits per heavy atom. The molecular weight excluding hydrogens is 258 g/mol. The summed E-state index contributed by atoms with van der Waals surface area (Å²) in [5.41, 5.74) is -0.230. The molecule has 0 radical (unpaired) electrons. The Hall–Kier alpha value is -0.740. The van der Waals surface area contributed by atoms with Crippen LogP contribution in [0.1, 0.15) is 38.7 Å². The number of nitrogens with zero attached hydrogens (tertiary/aromatic N) is 1. The molecule has 1 aromatic rings. The summed E-state index contributed by atoms with van der Waals surface area (Å²) < 4.78 is 6.17. The average molecular weight is 274 g/mol. The van der Waals surface area contributed by atoms with E-state index >= 15 is 0 Å². The molecule has 1 aliphatic heterocycles. The molecule has 0 unspecified atom stereocenters. The molecule has 2 rings (SSSR count). The Labute approximate surface area is 110 Å². The second-order valence-corrected chi connectivity index (χ2v) is 6.97. The lowest BCUT2D eigenvalue weighted by atomic mass is 10.0. The lowest BCUT2D eigenvalue weighted by molar-refractivity contribution is 0.120. The van der Waals surface area contributed by atoms with Gasteiger partial charge in [-0.2, -0.15) is 0 Å². The molecule has 1 saturated heterocycles. The van der Waals surface area contributed by atoms with Gasteiger partial charge < -0.3 is 4.74 Å². The minimum atomic E-state index is -0.250. The quantitative estimate of drug-likeness (QED) is 0.771. The van der Waals surface area contributed by atoms with Gasteiger partial charge in [0.1, 0.15) is 0 Å². The Bertz CT molecular complexity index is 438. The number of thiophene rings is 1. The van der Waals surface area contributed by atoms with Gasteiger partial charge in [0.25, 0.3) is 0 Å². The van der Waals surface area contributed by atoms with Crippen LogP contribution < -0.4 is 0 Å². The first-order valence-corrected chi connectivity index (χ1v) is 6.75. The molecule has 0 spiro atoms. The van der Waals surface area contributed by atoms with Crippen molar-refractivity contribution in [1.82, 2.24) is 4.90 Å². The van der Waals surface area contributed by atoms with Crippen LogP contribution in [0, 0.1) is 0 Å². The highest BCUT2D eigenvalue weighted by atomic mass is 35.5. The summed E-state index contributed by atoms with van der Waals surface area (Å²) in [6, 6.07) is 3.78. The fourth-order valence-corrected chi connectivity index (χ4v) is 3.42. The summed E-state index contributed by atoms with van der Waals surface area (Å²) >= 11 is 7.38. The van der Waals surface area contributed by atoms with Crippen molar-refractivity contribution in [3.63, 3.8) is 0 Å². The maximum absolute atomic E-state index is 11.9. The summed E-state index contributed by atoms with van der Waals surface area (Å²) in [6.45, 7) is 8.03. The number of rotatable bonds is 1. The van der Waals surface area contributed by atoms with Crippen LogP contribution in [0.4, 0.5) is 4.79 Å². The van der Waals surface area contributed by atoms with Gasteiger partial charge in [-0.25, -0.2) is 4.79 Å². The van der Waals surface area contributed by atoms with E-state index in [4.69, 9.17) is 16.3 Å². The zero-order valence-electron chi connectivity index (χ0n) is 10.4. The van der Waals surface area contributed by atoms with Gasteiger partial charge in [0.05, 0.1) is 10.4 Å². The van der Waals surface area contributed by atoms with E-state index in [1.54, 1.807) is 4.90 Å². The minimum Gasteiger partial charge on any atom is -0.438 e. The number of hydrogen-bond acceptors (Lipinski definition) is 3. The highest BCUT2D eigenvalue weighted by molar-refractivity contribution is 7.16. The van der Waals surface area contributed by atoms with Gasteiger partial charge in [0, 0.05) is 10.4 Å². The highest BCUT2D eigenvalue weighted by Gasteiger charge is 2.45. The van der Waals surface area contributed by atoms with Gasteiger partial charge in [-0.1, -0.05) is 11.6 Å². The fraction of sp³-hybridized carbons (Fsp3) is 0.583. The van der Waals surface area contributed by atoms with E-state index in [0.29, 0.717) is 0 Å². The van der Waals surface area contributed by atoms with Crippen molar-refractivity contribution >= 4 is 29.0 Å². The minimum absolute atomic E-state index is 0.0252. The largest absolute Gasteiger partial charge is 0.438 e. The highest BCUT2D eigenvalue weighted by Crippen LogP contribution is 2.39. The van der Waals surface area contributed by atoms with Gasteiger partial charge >= 0.3 is 6.09 Å². The molecular formula is C12H16ClNO2S. The molecule has 17 heavy (non-hydrogen) atoms. The number of halogens is 1. The number of carbonyl (C=O) groups excluding carboxylic acids is 1. The van der Waals surface area contributed by atoms with Gasteiger partial charge in [-0.15, -0.1) is 11.3 Å².